The number of benzene rings is 6. The molecule has 2 aliphatic heterocycles. The van der Waals surface area contributed by atoms with Gasteiger partial charge in [-0.15, -0.1) is 11.3 Å². The van der Waals surface area contributed by atoms with Gasteiger partial charge >= 0.3 is 0 Å². The monoisotopic (exact) mass is 711 g/mol. The van der Waals surface area contributed by atoms with E-state index in [1.165, 1.54) is 42.3 Å². The van der Waals surface area contributed by atoms with Crippen LogP contribution in [0.3, 0.4) is 0 Å². The van der Waals surface area contributed by atoms with Gasteiger partial charge in [-0.1, -0.05) is 129 Å². The molecule has 2 aliphatic rings. The molecule has 3 heterocycles. The zero-order valence-electron chi connectivity index (χ0n) is 32.2. The van der Waals surface area contributed by atoms with Crippen LogP contribution in [0.25, 0.3) is 20.2 Å². The lowest BCUT2D eigenvalue weighted by molar-refractivity contribution is 0.465. The lowest BCUT2D eigenvalue weighted by Crippen LogP contribution is -2.57. The minimum absolute atomic E-state index is 0.0171. The third-order valence-corrected chi connectivity index (χ3v) is 12.3. The highest BCUT2D eigenvalue weighted by atomic mass is 32.1. The van der Waals surface area contributed by atoms with E-state index < -0.39 is 0 Å². The standard InChI is InChI=1S/C48H46BNO2S/c1-46(2,3)29-17-22-32(23-18-29)50(33-24-19-30(20-25-33)47(4,5)6)43-44-37(28-35-34-13-10-11-16-41(34)53-45(35)43)49-36-27-31(48(7,8)9)21-26-38(36)51-39-14-12-15-40(52-44)42(39)49/h10-28H,1-9H3. The molecule has 3 nitrogen and oxygen atoms in total. The smallest absolute Gasteiger partial charge is 0.260 e. The summed E-state index contributed by atoms with van der Waals surface area (Å²) >= 11 is 1.85. The van der Waals surface area contributed by atoms with Crippen molar-refractivity contribution < 1.29 is 9.47 Å². The molecule has 7 aromatic rings. The number of anilines is 3. The summed E-state index contributed by atoms with van der Waals surface area (Å²) in [5.41, 5.74) is 10.7. The van der Waals surface area contributed by atoms with Gasteiger partial charge in [-0.25, -0.2) is 0 Å². The first-order valence-electron chi connectivity index (χ1n) is 18.8. The van der Waals surface area contributed by atoms with Crippen molar-refractivity contribution in [1.82, 2.24) is 0 Å². The maximum atomic E-state index is 7.24. The Morgan fingerprint density at radius 1 is 0.509 bits per heavy atom. The first-order chi connectivity index (χ1) is 25.2. The van der Waals surface area contributed by atoms with Gasteiger partial charge in [0.2, 0.25) is 0 Å². The second-order valence-electron chi connectivity index (χ2n) is 17.9. The molecular weight excluding hydrogens is 665 g/mol. The molecule has 5 heteroatoms. The van der Waals surface area contributed by atoms with Gasteiger partial charge in [0.05, 0.1) is 4.70 Å². The van der Waals surface area contributed by atoms with Crippen molar-refractivity contribution in [2.45, 2.75) is 78.6 Å². The first kappa shape index (κ1) is 33.8. The lowest BCUT2D eigenvalue weighted by Gasteiger charge is -2.37. The van der Waals surface area contributed by atoms with Crippen LogP contribution in [-0.4, -0.2) is 6.71 Å². The van der Waals surface area contributed by atoms with Crippen molar-refractivity contribution in [1.29, 1.82) is 0 Å². The summed E-state index contributed by atoms with van der Waals surface area (Å²) in [6.07, 6.45) is 0. The molecule has 0 unspecified atom stereocenters. The van der Waals surface area contributed by atoms with Gasteiger partial charge in [-0.2, -0.15) is 0 Å². The van der Waals surface area contributed by atoms with E-state index in [2.05, 4.69) is 182 Å². The van der Waals surface area contributed by atoms with E-state index >= 15 is 0 Å². The van der Waals surface area contributed by atoms with E-state index in [1.54, 1.807) is 0 Å². The van der Waals surface area contributed by atoms with Crippen molar-refractivity contribution in [2.24, 2.45) is 0 Å². The molecule has 0 atom stereocenters. The first-order valence-corrected chi connectivity index (χ1v) is 19.6. The number of thiophene rings is 1. The number of hydrogen-bond donors (Lipinski definition) is 0. The second kappa shape index (κ2) is 11.8. The predicted octanol–water partition coefficient (Wildman–Crippen LogP) is 12.1. The van der Waals surface area contributed by atoms with Crippen molar-refractivity contribution in [3.8, 4) is 23.0 Å². The molecule has 0 aliphatic carbocycles. The van der Waals surface area contributed by atoms with Crippen LogP contribution >= 0.6 is 11.3 Å². The molecule has 0 bridgehead atoms. The number of fused-ring (bicyclic) bond motifs is 7. The predicted molar refractivity (Wildman–Crippen MR) is 228 cm³/mol. The normalized spacial score (nSPS) is 13.6. The van der Waals surface area contributed by atoms with Crippen LogP contribution in [0.15, 0.2) is 115 Å². The van der Waals surface area contributed by atoms with Gasteiger partial charge in [-0.3, -0.25) is 0 Å². The van der Waals surface area contributed by atoms with Crippen LogP contribution in [0.5, 0.6) is 23.0 Å². The molecule has 0 spiro atoms. The fraction of sp³-hybridized carbons (Fsp3) is 0.250. The summed E-state index contributed by atoms with van der Waals surface area (Å²) in [4.78, 5) is 2.44. The van der Waals surface area contributed by atoms with Gasteiger partial charge in [0.25, 0.3) is 6.71 Å². The fourth-order valence-electron chi connectivity index (χ4n) is 8.03. The highest BCUT2D eigenvalue weighted by molar-refractivity contribution is 7.26. The van der Waals surface area contributed by atoms with Gasteiger partial charge in [-0.05, 0) is 92.4 Å². The van der Waals surface area contributed by atoms with Gasteiger partial charge in [0.1, 0.15) is 28.7 Å². The molecular formula is C48H46BNO2S. The minimum atomic E-state index is -0.0637. The van der Waals surface area contributed by atoms with Crippen LogP contribution in [0, 0.1) is 0 Å². The average molecular weight is 712 g/mol. The Kier molecular flexibility index (Phi) is 7.50. The van der Waals surface area contributed by atoms with Gasteiger partial charge in [0, 0.05) is 32.3 Å². The van der Waals surface area contributed by atoms with Gasteiger partial charge < -0.3 is 14.4 Å². The largest absolute Gasteiger partial charge is 0.458 e. The molecule has 53 heavy (non-hydrogen) atoms. The van der Waals surface area contributed by atoms with E-state index in [4.69, 9.17) is 9.47 Å². The molecule has 0 fully saturated rings. The maximum absolute atomic E-state index is 7.24. The third-order valence-electron chi connectivity index (χ3n) is 11.1. The quantitative estimate of drug-likeness (QED) is 0.170. The fourth-order valence-corrected chi connectivity index (χ4v) is 9.24. The Bertz CT molecular complexity index is 2510. The second-order valence-corrected chi connectivity index (χ2v) is 18.9. The highest BCUT2D eigenvalue weighted by Gasteiger charge is 2.43. The molecule has 9 rings (SSSR count). The van der Waals surface area contributed by atoms with Crippen molar-refractivity contribution in [3.05, 3.63) is 132 Å². The minimum Gasteiger partial charge on any atom is -0.458 e. The average Bonchev–Trinajstić information content (AvgIpc) is 3.49. The molecule has 0 saturated carbocycles. The van der Waals surface area contributed by atoms with Crippen LogP contribution in [0.4, 0.5) is 17.1 Å². The Labute approximate surface area is 318 Å². The summed E-state index contributed by atoms with van der Waals surface area (Å²) in [5, 5.41) is 2.50. The van der Waals surface area contributed by atoms with E-state index in [0.29, 0.717) is 0 Å². The molecule has 0 saturated heterocycles. The number of hydrogen-bond acceptors (Lipinski definition) is 4. The number of ether oxygens (including phenoxy) is 2. The zero-order chi connectivity index (χ0) is 37.0. The summed E-state index contributed by atoms with van der Waals surface area (Å²) in [6, 6.07) is 42.5. The van der Waals surface area contributed by atoms with Crippen molar-refractivity contribution in [2.75, 3.05) is 4.90 Å². The summed E-state index contributed by atoms with van der Waals surface area (Å²) < 4.78 is 16.4. The summed E-state index contributed by atoms with van der Waals surface area (Å²) in [5.74, 6) is 3.51. The summed E-state index contributed by atoms with van der Waals surface area (Å²) in [6.45, 7) is 20.4. The topological polar surface area (TPSA) is 21.7 Å². The Morgan fingerprint density at radius 2 is 1.08 bits per heavy atom. The Balaban J connectivity index is 1.39. The van der Waals surface area contributed by atoms with E-state index in [-0.39, 0.29) is 23.0 Å². The van der Waals surface area contributed by atoms with E-state index in [0.717, 1.165) is 51.0 Å². The summed E-state index contributed by atoms with van der Waals surface area (Å²) in [7, 11) is 0. The molecule has 0 radical (unpaired) electrons. The van der Waals surface area contributed by atoms with E-state index in [9.17, 15) is 0 Å². The molecule has 0 amide bonds. The zero-order valence-corrected chi connectivity index (χ0v) is 33.0. The third kappa shape index (κ3) is 5.55. The van der Waals surface area contributed by atoms with Crippen LogP contribution in [0.1, 0.15) is 79.0 Å². The van der Waals surface area contributed by atoms with Crippen LogP contribution in [0.2, 0.25) is 0 Å². The van der Waals surface area contributed by atoms with E-state index in [1.807, 2.05) is 11.3 Å². The number of rotatable bonds is 3. The molecule has 264 valence electrons. The SMILES string of the molecule is CC(C)(C)c1ccc(N(c2ccc(C(C)(C)C)cc2)c2c3c(cc4c2sc2ccccc24)B2c4cc(C(C)(C)C)ccc4Oc4cccc(c42)O3)cc1. The molecule has 6 aromatic carbocycles. The highest BCUT2D eigenvalue weighted by Crippen LogP contribution is 2.51. The Morgan fingerprint density at radius 3 is 1.68 bits per heavy atom. The lowest BCUT2D eigenvalue weighted by atomic mass is 9.34. The molecule has 0 N–H and O–H groups in total. The van der Waals surface area contributed by atoms with Crippen LogP contribution in [-0.2, 0) is 16.2 Å². The number of nitrogens with zero attached hydrogens (tertiary/aromatic N) is 1. The van der Waals surface area contributed by atoms with Crippen molar-refractivity contribution >= 4 is 71.7 Å². The van der Waals surface area contributed by atoms with Crippen molar-refractivity contribution in [3.63, 3.8) is 0 Å². The maximum Gasteiger partial charge on any atom is 0.260 e. The Hall–Kier alpha value is -5.00. The van der Waals surface area contributed by atoms with Gasteiger partial charge in [0.15, 0.2) is 0 Å². The van der Waals surface area contributed by atoms with Crippen LogP contribution < -0.4 is 30.8 Å². The molecule has 1 aromatic heterocycles.